The third kappa shape index (κ3) is 3.07. The zero-order valence-electron chi connectivity index (χ0n) is 12.2. The van der Waals surface area contributed by atoms with Crippen LogP contribution in [0.25, 0.3) is 10.9 Å². The molecule has 4 nitrogen and oxygen atoms in total. The zero-order valence-corrected chi connectivity index (χ0v) is 12.2. The van der Waals surface area contributed by atoms with E-state index in [9.17, 15) is 4.79 Å². The van der Waals surface area contributed by atoms with Crippen LogP contribution in [0.2, 0.25) is 0 Å². The van der Waals surface area contributed by atoms with Crippen LogP contribution >= 0.6 is 0 Å². The third-order valence-corrected chi connectivity index (χ3v) is 3.53. The lowest BCUT2D eigenvalue weighted by atomic mass is 10.1. The van der Waals surface area contributed by atoms with Gasteiger partial charge in [0.2, 0.25) is 0 Å². The van der Waals surface area contributed by atoms with E-state index in [2.05, 4.69) is 29.5 Å². The monoisotopic (exact) mass is 271 g/mol. The Morgan fingerprint density at radius 3 is 2.80 bits per heavy atom. The van der Waals surface area contributed by atoms with E-state index < -0.39 is 0 Å². The summed E-state index contributed by atoms with van der Waals surface area (Å²) in [6, 6.07) is 9.61. The Morgan fingerprint density at radius 1 is 1.35 bits per heavy atom. The van der Waals surface area contributed by atoms with Gasteiger partial charge in [-0.25, -0.2) is 4.98 Å². The van der Waals surface area contributed by atoms with E-state index in [-0.39, 0.29) is 5.91 Å². The van der Waals surface area contributed by atoms with Crippen molar-refractivity contribution in [1.82, 2.24) is 10.3 Å². The number of amides is 1. The summed E-state index contributed by atoms with van der Waals surface area (Å²) in [4.78, 5) is 16.6. The summed E-state index contributed by atoms with van der Waals surface area (Å²) in [6.45, 7) is 4.91. The molecule has 1 aromatic carbocycles. The molecule has 1 heterocycles. The first-order valence-electron chi connectivity index (χ1n) is 7.01. The van der Waals surface area contributed by atoms with Crippen LogP contribution in [-0.4, -0.2) is 24.5 Å². The van der Waals surface area contributed by atoms with Crippen molar-refractivity contribution >= 4 is 22.5 Å². The maximum atomic E-state index is 12.2. The molecule has 1 atom stereocenters. The molecule has 2 N–H and O–H groups in total. The molecule has 0 aliphatic carbocycles. The van der Waals surface area contributed by atoms with Crippen LogP contribution in [0.1, 0.15) is 30.8 Å². The lowest BCUT2D eigenvalue weighted by Crippen LogP contribution is -2.28. The van der Waals surface area contributed by atoms with E-state index in [1.165, 1.54) is 0 Å². The van der Waals surface area contributed by atoms with Crippen LogP contribution < -0.4 is 10.6 Å². The Hall–Kier alpha value is -2.10. The van der Waals surface area contributed by atoms with E-state index in [0.717, 1.165) is 23.0 Å². The molecule has 0 bridgehead atoms. The second kappa shape index (κ2) is 6.37. The van der Waals surface area contributed by atoms with Crippen molar-refractivity contribution in [3.05, 3.63) is 36.0 Å². The molecular formula is C16H21N3O. The number of carbonyl (C=O) groups excluding carboxylic acids is 1. The highest BCUT2D eigenvalue weighted by molar-refractivity contribution is 5.99. The van der Waals surface area contributed by atoms with Crippen LogP contribution in [-0.2, 0) is 0 Å². The molecule has 2 rings (SSSR count). The second-order valence-electron chi connectivity index (χ2n) is 5.05. The van der Waals surface area contributed by atoms with Crippen molar-refractivity contribution in [2.24, 2.45) is 5.92 Å². The molecule has 1 unspecified atom stereocenters. The fourth-order valence-electron chi connectivity index (χ4n) is 2.00. The molecule has 0 aliphatic rings. The number of nitrogens with zero attached hydrogens (tertiary/aromatic N) is 1. The zero-order chi connectivity index (χ0) is 14.5. The van der Waals surface area contributed by atoms with Gasteiger partial charge in [-0.05, 0) is 18.1 Å². The molecule has 1 amide bonds. The molecule has 0 spiro atoms. The molecule has 106 valence electrons. The molecule has 0 radical (unpaired) electrons. The number of hydrogen-bond donors (Lipinski definition) is 2. The highest BCUT2D eigenvalue weighted by atomic mass is 16.1. The predicted octanol–water partition coefficient (Wildman–Crippen LogP) is 3.05. The molecule has 20 heavy (non-hydrogen) atoms. The third-order valence-electron chi connectivity index (χ3n) is 3.53. The first-order valence-corrected chi connectivity index (χ1v) is 7.01. The fraction of sp³-hybridized carbons (Fsp3) is 0.375. The lowest BCUT2D eigenvalue weighted by Gasteiger charge is -2.12. The molecule has 2 aromatic rings. The Bertz CT molecular complexity index is 610. The highest BCUT2D eigenvalue weighted by Gasteiger charge is 2.12. The van der Waals surface area contributed by atoms with E-state index >= 15 is 0 Å². The number of carbonyl (C=O) groups is 1. The van der Waals surface area contributed by atoms with Gasteiger partial charge in [-0.1, -0.05) is 38.5 Å². The smallest absolute Gasteiger partial charge is 0.269 e. The Morgan fingerprint density at radius 2 is 2.10 bits per heavy atom. The lowest BCUT2D eigenvalue weighted by molar-refractivity contribution is 0.0943. The number of rotatable bonds is 5. The van der Waals surface area contributed by atoms with Gasteiger partial charge < -0.3 is 10.6 Å². The first-order chi connectivity index (χ1) is 9.65. The van der Waals surface area contributed by atoms with Gasteiger partial charge in [-0.15, -0.1) is 0 Å². The minimum absolute atomic E-state index is 0.118. The minimum Gasteiger partial charge on any atom is -0.388 e. The van der Waals surface area contributed by atoms with Gasteiger partial charge in [0.15, 0.2) is 0 Å². The molecule has 0 saturated carbocycles. The van der Waals surface area contributed by atoms with Crippen molar-refractivity contribution in [3.63, 3.8) is 0 Å². The number of nitrogens with one attached hydrogen (secondary N) is 2. The van der Waals surface area contributed by atoms with E-state index in [1.807, 2.05) is 31.3 Å². The largest absolute Gasteiger partial charge is 0.388 e. The Kier molecular flexibility index (Phi) is 4.56. The molecule has 1 aromatic heterocycles. The summed E-state index contributed by atoms with van der Waals surface area (Å²) in [6.07, 6.45) is 1.05. The summed E-state index contributed by atoms with van der Waals surface area (Å²) in [5.41, 5.74) is 2.20. The fourth-order valence-corrected chi connectivity index (χ4v) is 2.00. The second-order valence-corrected chi connectivity index (χ2v) is 5.05. The van der Waals surface area contributed by atoms with Crippen molar-refractivity contribution in [3.8, 4) is 0 Å². The molecule has 4 heteroatoms. The predicted molar refractivity (Wildman–Crippen MR) is 83.1 cm³/mol. The van der Waals surface area contributed by atoms with E-state index in [4.69, 9.17) is 0 Å². The van der Waals surface area contributed by atoms with E-state index in [1.54, 1.807) is 6.07 Å². The number of fused-ring (bicyclic) bond motifs is 1. The first kappa shape index (κ1) is 14.3. The van der Waals surface area contributed by atoms with Crippen molar-refractivity contribution in [1.29, 1.82) is 0 Å². The Balaban J connectivity index is 2.28. The van der Waals surface area contributed by atoms with Crippen molar-refractivity contribution in [2.45, 2.75) is 20.3 Å². The van der Waals surface area contributed by atoms with Gasteiger partial charge in [-0.3, -0.25) is 4.79 Å². The maximum Gasteiger partial charge on any atom is 0.269 e. The average Bonchev–Trinajstić information content (AvgIpc) is 2.50. The molecular weight excluding hydrogens is 250 g/mol. The molecule has 0 aliphatic heterocycles. The van der Waals surface area contributed by atoms with Gasteiger partial charge in [-0.2, -0.15) is 0 Å². The van der Waals surface area contributed by atoms with Crippen LogP contribution in [0.15, 0.2) is 30.3 Å². The number of benzene rings is 1. The van der Waals surface area contributed by atoms with Gasteiger partial charge in [0.05, 0.1) is 5.52 Å². The van der Waals surface area contributed by atoms with Crippen LogP contribution in [0.3, 0.4) is 0 Å². The maximum absolute atomic E-state index is 12.2. The number of hydrogen-bond acceptors (Lipinski definition) is 3. The highest BCUT2D eigenvalue weighted by Crippen LogP contribution is 2.22. The SMILES string of the molecule is CCC(C)CNC(=O)c1cc(NC)c2ccccc2n1. The number of anilines is 1. The average molecular weight is 271 g/mol. The summed E-state index contributed by atoms with van der Waals surface area (Å²) < 4.78 is 0. The number of pyridine rings is 1. The number of aromatic nitrogens is 1. The van der Waals surface area contributed by atoms with Gasteiger partial charge in [0.25, 0.3) is 5.91 Å². The van der Waals surface area contributed by atoms with Crippen molar-refractivity contribution in [2.75, 3.05) is 18.9 Å². The number of para-hydroxylation sites is 1. The summed E-state index contributed by atoms with van der Waals surface area (Å²) >= 11 is 0. The van der Waals surface area contributed by atoms with Gasteiger partial charge in [0, 0.05) is 24.7 Å². The van der Waals surface area contributed by atoms with E-state index in [0.29, 0.717) is 18.2 Å². The standard InChI is InChI=1S/C16H21N3O/c1-4-11(2)10-18-16(20)15-9-14(17-3)12-7-5-6-8-13(12)19-15/h5-9,11H,4,10H2,1-3H3,(H,17,19)(H,18,20). The Labute approximate surface area is 119 Å². The van der Waals surface area contributed by atoms with Crippen molar-refractivity contribution < 1.29 is 4.79 Å². The summed E-state index contributed by atoms with van der Waals surface area (Å²) in [5, 5.41) is 7.08. The summed E-state index contributed by atoms with van der Waals surface area (Å²) in [5.74, 6) is 0.357. The molecule has 0 saturated heterocycles. The summed E-state index contributed by atoms with van der Waals surface area (Å²) in [7, 11) is 1.85. The van der Waals surface area contributed by atoms with Crippen LogP contribution in [0.4, 0.5) is 5.69 Å². The van der Waals surface area contributed by atoms with Gasteiger partial charge >= 0.3 is 0 Å². The minimum atomic E-state index is -0.118. The van der Waals surface area contributed by atoms with Gasteiger partial charge in [0.1, 0.15) is 5.69 Å². The van der Waals surface area contributed by atoms with Crippen LogP contribution in [0, 0.1) is 5.92 Å². The normalized spacial score (nSPS) is 12.2. The van der Waals surface area contributed by atoms with Crippen LogP contribution in [0.5, 0.6) is 0 Å². The quantitative estimate of drug-likeness (QED) is 0.878. The molecule has 0 fully saturated rings. The topological polar surface area (TPSA) is 54.0 Å².